The lowest BCUT2D eigenvalue weighted by molar-refractivity contribution is -0.0333. The average Bonchev–Trinajstić information content (AvgIpc) is 2.27. The van der Waals surface area contributed by atoms with Gasteiger partial charge in [0, 0.05) is 0 Å². The van der Waals surface area contributed by atoms with Gasteiger partial charge in [0.1, 0.15) is 0 Å². The van der Waals surface area contributed by atoms with E-state index in [9.17, 15) is 10.2 Å². The summed E-state index contributed by atoms with van der Waals surface area (Å²) in [6.07, 6.45) is 12.7. The second kappa shape index (κ2) is 8.16. The SMILES string of the molecule is CC(O)CC1CCCCCCCCCCC1(C)O. The van der Waals surface area contributed by atoms with Gasteiger partial charge in [0.25, 0.3) is 0 Å². The van der Waals surface area contributed by atoms with Gasteiger partial charge in [0.2, 0.25) is 0 Å². The molecule has 0 heterocycles. The summed E-state index contributed by atoms with van der Waals surface area (Å²) in [6.45, 7) is 3.82. The molecule has 3 unspecified atom stereocenters. The summed E-state index contributed by atoms with van der Waals surface area (Å²) in [5.41, 5.74) is -0.587. The third kappa shape index (κ3) is 6.19. The molecule has 0 radical (unpaired) electrons. The molecule has 2 heteroatoms. The number of hydrogen-bond acceptors (Lipinski definition) is 2. The monoisotopic (exact) mass is 256 g/mol. The molecule has 1 aliphatic carbocycles. The highest BCUT2D eigenvalue weighted by molar-refractivity contribution is 4.83. The van der Waals surface area contributed by atoms with Crippen molar-refractivity contribution in [1.82, 2.24) is 0 Å². The summed E-state index contributed by atoms with van der Waals surface area (Å²) >= 11 is 0. The summed E-state index contributed by atoms with van der Waals surface area (Å²) in [7, 11) is 0. The fraction of sp³-hybridized carbons (Fsp3) is 1.00. The fourth-order valence-electron chi connectivity index (χ4n) is 3.23. The van der Waals surface area contributed by atoms with Crippen molar-refractivity contribution in [3.8, 4) is 0 Å². The minimum absolute atomic E-state index is 0.261. The highest BCUT2D eigenvalue weighted by Crippen LogP contribution is 2.32. The van der Waals surface area contributed by atoms with Gasteiger partial charge in [-0.05, 0) is 39.0 Å². The van der Waals surface area contributed by atoms with E-state index >= 15 is 0 Å². The maximum atomic E-state index is 10.7. The first-order chi connectivity index (χ1) is 8.52. The van der Waals surface area contributed by atoms with Crippen molar-refractivity contribution in [2.45, 2.75) is 96.2 Å². The molecular weight excluding hydrogens is 224 g/mol. The van der Waals surface area contributed by atoms with Crippen molar-refractivity contribution in [2.24, 2.45) is 5.92 Å². The summed E-state index contributed by atoms with van der Waals surface area (Å²) < 4.78 is 0. The Labute approximate surface area is 113 Å². The van der Waals surface area contributed by atoms with Gasteiger partial charge in [-0.1, -0.05) is 51.4 Å². The van der Waals surface area contributed by atoms with Gasteiger partial charge < -0.3 is 10.2 Å². The van der Waals surface area contributed by atoms with Crippen molar-refractivity contribution in [1.29, 1.82) is 0 Å². The van der Waals surface area contributed by atoms with Crippen LogP contribution in [0.1, 0.15) is 84.5 Å². The number of aliphatic hydroxyl groups is 2. The van der Waals surface area contributed by atoms with Crippen LogP contribution in [0.15, 0.2) is 0 Å². The number of aliphatic hydroxyl groups excluding tert-OH is 1. The summed E-state index contributed by atoms with van der Waals surface area (Å²) in [4.78, 5) is 0. The topological polar surface area (TPSA) is 40.5 Å². The second-order valence-electron chi connectivity index (χ2n) is 6.51. The summed E-state index contributed by atoms with van der Waals surface area (Å²) in [5.74, 6) is 0.261. The zero-order chi connectivity index (χ0) is 13.4. The van der Waals surface area contributed by atoms with Crippen molar-refractivity contribution in [3.63, 3.8) is 0 Å². The predicted octanol–water partition coefficient (Wildman–Crippen LogP) is 4.04. The van der Waals surface area contributed by atoms with Crippen molar-refractivity contribution < 1.29 is 10.2 Å². The molecule has 0 aliphatic heterocycles. The maximum absolute atomic E-state index is 10.7. The quantitative estimate of drug-likeness (QED) is 0.783. The first-order valence-corrected chi connectivity index (χ1v) is 7.93. The fourth-order valence-corrected chi connectivity index (χ4v) is 3.23. The first kappa shape index (κ1) is 16.0. The molecule has 1 aliphatic rings. The van der Waals surface area contributed by atoms with E-state index in [0.29, 0.717) is 0 Å². The number of hydrogen-bond donors (Lipinski definition) is 2. The normalized spacial score (nSPS) is 34.3. The molecule has 1 saturated carbocycles. The minimum Gasteiger partial charge on any atom is -0.393 e. The van der Waals surface area contributed by atoms with Crippen LogP contribution in [-0.2, 0) is 0 Å². The van der Waals surface area contributed by atoms with Gasteiger partial charge in [-0.3, -0.25) is 0 Å². The molecule has 2 N–H and O–H groups in total. The Morgan fingerprint density at radius 1 is 1.00 bits per heavy atom. The van der Waals surface area contributed by atoms with Crippen molar-refractivity contribution in [2.75, 3.05) is 0 Å². The second-order valence-corrected chi connectivity index (χ2v) is 6.51. The predicted molar refractivity (Wildman–Crippen MR) is 76.6 cm³/mol. The van der Waals surface area contributed by atoms with Crippen LogP contribution >= 0.6 is 0 Å². The Hall–Kier alpha value is -0.0800. The Bertz CT molecular complexity index is 211. The van der Waals surface area contributed by atoms with Gasteiger partial charge >= 0.3 is 0 Å². The Morgan fingerprint density at radius 3 is 2.06 bits per heavy atom. The number of rotatable bonds is 2. The first-order valence-electron chi connectivity index (χ1n) is 7.93. The van der Waals surface area contributed by atoms with Crippen molar-refractivity contribution >= 4 is 0 Å². The smallest absolute Gasteiger partial charge is 0.0648 e. The zero-order valence-corrected chi connectivity index (χ0v) is 12.3. The van der Waals surface area contributed by atoms with E-state index in [4.69, 9.17) is 0 Å². The molecule has 0 spiro atoms. The molecule has 108 valence electrons. The van der Waals surface area contributed by atoms with Crippen molar-refractivity contribution in [3.05, 3.63) is 0 Å². The molecule has 2 nitrogen and oxygen atoms in total. The zero-order valence-electron chi connectivity index (χ0n) is 12.3. The van der Waals surface area contributed by atoms with E-state index in [2.05, 4.69) is 0 Å². The van der Waals surface area contributed by atoms with E-state index in [0.717, 1.165) is 25.7 Å². The molecule has 0 bridgehead atoms. The van der Waals surface area contributed by atoms with Gasteiger partial charge in [-0.25, -0.2) is 0 Å². The van der Waals surface area contributed by atoms with E-state index < -0.39 is 5.60 Å². The van der Waals surface area contributed by atoms with Crippen LogP contribution in [0, 0.1) is 5.92 Å². The van der Waals surface area contributed by atoms with Crippen LogP contribution in [0.2, 0.25) is 0 Å². The van der Waals surface area contributed by atoms with Gasteiger partial charge in [-0.2, -0.15) is 0 Å². The van der Waals surface area contributed by atoms with E-state index in [-0.39, 0.29) is 12.0 Å². The average molecular weight is 256 g/mol. The largest absolute Gasteiger partial charge is 0.393 e. The molecule has 18 heavy (non-hydrogen) atoms. The minimum atomic E-state index is -0.587. The maximum Gasteiger partial charge on any atom is 0.0648 e. The summed E-state index contributed by atoms with van der Waals surface area (Å²) in [5, 5.41) is 20.3. The molecular formula is C16H32O2. The van der Waals surface area contributed by atoms with E-state index in [1.54, 1.807) is 0 Å². The van der Waals surface area contributed by atoms with Crippen LogP contribution in [0.4, 0.5) is 0 Å². The molecule has 1 fully saturated rings. The van der Waals surface area contributed by atoms with Crippen LogP contribution in [0.25, 0.3) is 0 Å². The van der Waals surface area contributed by atoms with Crippen LogP contribution in [0.5, 0.6) is 0 Å². The Kier molecular flexibility index (Phi) is 7.25. The van der Waals surface area contributed by atoms with Crippen LogP contribution in [-0.4, -0.2) is 21.9 Å². The molecule has 0 aromatic heterocycles. The van der Waals surface area contributed by atoms with E-state index in [1.807, 2.05) is 13.8 Å². The van der Waals surface area contributed by atoms with E-state index in [1.165, 1.54) is 44.9 Å². The lowest BCUT2D eigenvalue weighted by atomic mass is 9.78. The third-order valence-electron chi connectivity index (χ3n) is 4.49. The lowest BCUT2D eigenvalue weighted by Crippen LogP contribution is -2.36. The highest BCUT2D eigenvalue weighted by atomic mass is 16.3. The third-order valence-corrected chi connectivity index (χ3v) is 4.49. The molecule has 0 amide bonds. The molecule has 0 aromatic rings. The standard InChI is InChI=1S/C16H32O2/c1-14(17)13-15-11-9-7-5-3-4-6-8-10-12-16(15,2)18/h14-15,17-18H,3-13H2,1-2H3. The van der Waals surface area contributed by atoms with Gasteiger partial charge in [0.05, 0.1) is 11.7 Å². The lowest BCUT2D eigenvalue weighted by Gasteiger charge is -2.34. The highest BCUT2D eigenvalue weighted by Gasteiger charge is 2.31. The van der Waals surface area contributed by atoms with Crippen LogP contribution < -0.4 is 0 Å². The van der Waals surface area contributed by atoms with Gasteiger partial charge in [-0.15, -0.1) is 0 Å². The Morgan fingerprint density at radius 2 is 1.50 bits per heavy atom. The van der Waals surface area contributed by atoms with Crippen LogP contribution in [0.3, 0.4) is 0 Å². The summed E-state index contributed by atoms with van der Waals surface area (Å²) in [6, 6.07) is 0. The molecule has 0 saturated heterocycles. The molecule has 3 atom stereocenters. The molecule has 1 rings (SSSR count). The molecule has 0 aromatic carbocycles. The van der Waals surface area contributed by atoms with Gasteiger partial charge in [0.15, 0.2) is 0 Å². The Balaban J connectivity index is 2.55.